The van der Waals surface area contributed by atoms with Gasteiger partial charge in [-0.25, -0.2) is 0 Å². The first kappa shape index (κ1) is 12.2. The second-order valence-electron chi connectivity index (χ2n) is 4.21. The van der Waals surface area contributed by atoms with Crippen molar-refractivity contribution in [3.63, 3.8) is 0 Å². The first-order valence-electron chi connectivity index (χ1n) is 5.75. The van der Waals surface area contributed by atoms with Gasteiger partial charge in [0.2, 0.25) is 5.91 Å². The summed E-state index contributed by atoms with van der Waals surface area (Å²) in [4.78, 5) is 10.8. The van der Waals surface area contributed by atoms with Crippen molar-refractivity contribution in [2.24, 2.45) is 5.73 Å². The number of aromatic nitrogens is 2. The Labute approximate surface area is 105 Å². The van der Waals surface area contributed by atoms with Gasteiger partial charge in [0.1, 0.15) is 0 Å². The van der Waals surface area contributed by atoms with Crippen LogP contribution < -0.4 is 11.1 Å². The van der Waals surface area contributed by atoms with E-state index in [0.29, 0.717) is 0 Å². The molecule has 1 heterocycles. The predicted octanol–water partition coefficient (Wildman–Crippen LogP) is 1.36. The SMILES string of the molecule is Cc1[nH]ncc1CNc1ccc(CC(N)=O)cc1. The maximum absolute atomic E-state index is 10.8. The molecule has 94 valence electrons. The number of hydrogen-bond acceptors (Lipinski definition) is 3. The van der Waals surface area contributed by atoms with E-state index in [9.17, 15) is 4.79 Å². The van der Waals surface area contributed by atoms with E-state index in [1.165, 1.54) is 0 Å². The highest BCUT2D eigenvalue weighted by Gasteiger charge is 2.01. The van der Waals surface area contributed by atoms with Crippen LogP contribution in [0.3, 0.4) is 0 Å². The van der Waals surface area contributed by atoms with Gasteiger partial charge in [0.15, 0.2) is 0 Å². The number of hydrogen-bond donors (Lipinski definition) is 3. The Kier molecular flexibility index (Phi) is 3.62. The van der Waals surface area contributed by atoms with E-state index in [0.717, 1.165) is 29.1 Å². The average molecular weight is 244 g/mol. The zero-order valence-corrected chi connectivity index (χ0v) is 10.2. The van der Waals surface area contributed by atoms with E-state index < -0.39 is 0 Å². The molecule has 1 aromatic heterocycles. The number of nitrogens with two attached hydrogens (primary N) is 1. The van der Waals surface area contributed by atoms with Gasteiger partial charge in [-0.05, 0) is 24.6 Å². The molecule has 5 nitrogen and oxygen atoms in total. The van der Waals surface area contributed by atoms with Crippen molar-refractivity contribution in [1.82, 2.24) is 10.2 Å². The number of carbonyl (C=O) groups excluding carboxylic acids is 1. The summed E-state index contributed by atoms with van der Waals surface area (Å²) in [6, 6.07) is 7.67. The number of anilines is 1. The lowest BCUT2D eigenvalue weighted by Gasteiger charge is -2.06. The van der Waals surface area contributed by atoms with Gasteiger partial charge in [0.05, 0.1) is 12.6 Å². The Bertz CT molecular complexity index is 530. The first-order valence-corrected chi connectivity index (χ1v) is 5.75. The molecule has 0 saturated heterocycles. The fourth-order valence-electron chi connectivity index (χ4n) is 1.69. The molecular weight excluding hydrogens is 228 g/mol. The van der Waals surface area contributed by atoms with Crippen molar-refractivity contribution in [3.05, 3.63) is 47.3 Å². The van der Waals surface area contributed by atoms with Crippen molar-refractivity contribution in [2.45, 2.75) is 19.9 Å². The van der Waals surface area contributed by atoms with Crippen molar-refractivity contribution in [1.29, 1.82) is 0 Å². The van der Waals surface area contributed by atoms with Crippen LogP contribution >= 0.6 is 0 Å². The van der Waals surface area contributed by atoms with Crippen LogP contribution in [-0.4, -0.2) is 16.1 Å². The van der Waals surface area contributed by atoms with Gasteiger partial charge >= 0.3 is 0 Å². The lowest BCUT2D eigenvalue weighted by Crippen LogP contribution is -2.13. The normalized spacial score (nSPS) is 10.3. The monoisotopic (exact) mass is 244 g/mol. The van der Waals surface area contributed by atoms with E-state index in [4.69, 9.17) is 5.73 Å². The minimum absolute atomic E-state index is 0.279. The molecule has 0 spiro atoms. The molecule has 0 aliphatic heterocycles. The lowest BCUT2D eigenvalue weighted by atomic mass is 10.1. The molecular formula is C13H16N4O. The summed E-state index contributed by atoms with van der Waals surface area (Å²) < 4.78 is 0. The third-order valence-corrected chi connectivity index (χ3v) is 2.75. The van der Waals surface area contributed by atoms with Crippen LogP contribution in [0.1, 0.15) is 16.8 Å². The molecule has 0 atom stereocenters. The molecule has 18 heavy (non-hydrogen) atoms. The first-order chi connectivity index (χ1) is 8.65. The number of aryl methyl sites for hydroxylation is 1. The van der Waals surface area contributed by atoms with Gasteiger partial charge in [-0.3, -0.25) is 9.89 Å². The van der Waals surface area contributed by atoms with Gasteiger partial charge in [-0.15, -0.1) is 0 Å². The predicted molar refractivity (Wildman–Crippen MR) is 70.0 cm³/mol. The van der Waals surface area contributed by atoms with Crippen molar-refractivity contribution < 1.29 is 4.79 Å². The van der Waals surface area contributed by atoms with Crippen LogP contribution in [0, 0.1) is 6.92 Å². The highest BCUT2D eigenvalue weighted by atomic mass is 16.1. The second kappa shape index (κ2) is 5.35. The molecule has 0 bridgehead atoms. The fraction of sp³-hybridized carbons (Fsp3) is 0.231. The Morgan fingerprint density at radius 3 is 2.67 bits per heavy atom. The highest BCUT2D eigenvalue weighted by Crippen LogP contribution is 2.12. The van der Waals surface area contributed by atoms with Gasteiger partial charge in [-0.1, -0.05) is 12.1 Å². The zero-order valence-electron chi connectivity index (χ0n) is 10.2. The number of amides is 1. The number of nitrogens with one attached hydrogen (secondary N) is 2. The van der Waals surface area contributed by atoms with Crippen LogP contribution in [0.4, 0.5) is 5.69 Å². The summed E-state index contributed by atoms with van der Waals surface area (Å²) in [6.07, 6.45) is 2.09. The highest BCUT2D eigenvalue weighted by molar-refractivity contribution is 5.76. The molecule has 0 aliphatic carbocycles. The van der Waals surface area contributed by atoms with Gasteiger partial charge in [-0.2, -0.15) is 5.10 Å². The topological polar surface area (TPSA) is 83.8 Å². The summed E-state index contributed by atoms with van der Waals surface area (Å²) >= 11 is 0. The Morgan fingerprint density at radius 2 is 2.11 bits per heavy atom. The van der Waals surface area contributed by atoms with Crippen LogP contribution in [0.5, 0.6) is 0 Å². The summed E-state index contributed by atoms with van der Waals surface area (Å²) in [6.45, 7) is 2.71. The smallest absolute Gasteiger partial charge is 0.221 e. The molecule has 2 aromatic rings. The quantitative estimate of drug-likeness (QED) is 0.742. The lowest BCUT2D eigenvalue weighted by molar-refractivity contribution is -0.117. The zero-order chi connectivity index (χ0) is 13.0. The molecule has 1 amide bonds. The van der Waals surface area contributed by atoms with Crippen molar-refractivity contribution >= 4 is 11.6 Å². The van der Waals surface area contributed by atoms with Crippen LogP contribution in [0.25, 0.3) is 0 Å². The Morgan fingerprint density at radius 1 is 1.39 bits per heavy atom. The van der Waals surface area contributed by atoms with Crippen LogP contribution in [0.15, 0.2) is 30.5 Å². The van der Waals surface area contributed by atoms with E-state index in [1.54, 1.807) is 0 Å². The number of primary amides is 1. The maximum atomic E-state index is 10.8. The molecule has 2 rings (SSSR count). The molecule has 1 aromatic carbocycles. The Hall–Kier alpha value is -2.30. The number of benzene rings is 1. The average Bonchev–Trinajstić information content (AvgIpc) is 2.73. The van der Waals surface area contributed by atoms with Crippen molar-refractivity contribution in [3.8, 4) is 0 Å². The van der Waals surface area contributed by atoms with Gasteiger partial charge in [0.25, 0.3) is 0 Å². The summed E-state index contributed by atoms with van der Waals surface area (Å²) in [5, 5.41) is 10.2. The maximum Gasteiger partial charge on any atom is 0.221 e. The number of nitrogens with zero attached hydrogens (tertiary/aromatic N) is 1. The standard InChI is InChI=1S/C13H16N4O/c1-9-11(8-16-17-9)7-15-12-4-2-10(3-5-12)6-13(14)18/h2-5,8,15H,6-7H2,1H3,(H2,14,18)(H,16,17). The summed E-state index contributed by atoms with van der Waals surface area (Å²) in [5.41, 5.74) is 9.26. The number of aromatic amines is 1. The van der Waals surface area contributed by atoms with E-state index >= 15 is 0 Å². The minimum Gasteiger partial charge on any atom is -0.381 e. The third kappa shape index (κ3) is 3.10. The molecule has 0 aliphatic rings. The number of carbonyl (C=O) groups is 1. The largest absolute Gasteiger partial charge is 0.381 e. The van der Waals surface area contributed by atoms with Crippen LogP contribution in [0.2, 0.25) is 0 Å². The van der Waals surface area contributed by atoms with E-state index in [2.05, 4.69) is 15.5 Å². The molecule has 0 radical (unpaired) electrons. The molecule has 0 saturated carbocycles. The second-order valence-corrected chi connectivity index (χ2v) is 4.21. The third-order valence-electron chi connectivity index (χ3n) is 2.75. The van der Waals surface area contributed by atoms with Gasteiger partial charge in [0, 0.05) is 23.5 Å². The molecule has 5 heteroatoms. The van der Waals surface area contributed by atoms with E-state index in [-0.39, 0.29) is 12.3 Å². The molecule has 0 unspecified atom stereocenters. The van der Waals surface area contributed by atoms with Gasteiger partial charge < -0.3 is 11.1 Å². The Balaban J connectivity index is 1.94. The number of rotatable bonds is 5. The van der Waals surface area contributed by atoms with E-state index in [1.807, 2.05) is 37.4 Å². The molecule has 4 N–H and O–H groups in total. The fourth-order valence-corrected chi connectivity index (χ4v) is 1.69. The minimum atomic E-state index is -0.315. The summed E-state index contributed by atoms with van der Waals surface area (Å²) in [5.74, 6) is -0.315. The molecule has 0 fully saturated rings. The van der Waals surface area contributed by atoms with Crippen molar-refractivity contribution in [2.75, 3.05) is 5.32 Å². The van der Waals surface area contributed by atoms with Crippen LogP contribution in [-0.2, 0) is 17.8 Å². The summed E-state index contributed by atoms with van der Waals surface area (Å²) in [7, 11) is 0. The number of H-pyrrole nitrogens is 1.